The zero-order valence-corrected chi connectivity index (χ0v) is 25.6. The predicted molar refractivity (Wildman–Crippen MR) is 171 cm³/mol. The molecular formula is C32H30F2N6O3S2. The number of benzene rings is 3. The zero-order valence-electron chi connectivity index (χ0n) is 24.0. The highest BCUT2D eigenvalue weighted by molar-refractivity contribution is 7.77. The van der Waals surface area contributed by atoms with Gasteiger partial charge in [0.1, 0.15) is 16.6 Å². The lowest BCUT2D eigenvalue weighted by Crippen LogP contribution is -2.38. The summed E-state index contributed by atoms with van der Waals surface area (Å²) in [7, 11) is 0. The number of rotatable bonds is 13. The first-order valence-electron chi connectivity index (χ1n) is 14.1. The Hall–Kier alpha value is -4.43. The van der Waals surface area contributed by atoms with E-state index in [1.165, 1.54) is 24.3 Å². The summed E-state index contributed by atoms with van der Waals surface area (Å²) in [6.45, 7) is 0.940. The van der Waals surface area contributed by atoms with Crippen molar-refractivity contribution in [3.8, 4) is 10.6 Å². The van der Waals surface area contributed by atoms with Gasteiger partial charge >= 0.3 is 6.03 Å². The number of amides is 2. The molecule has 5 rings (SSSR count). The number of carbonyl (C=O) groups excluding carboxylic acids is 1. The molecule has 0 radical (unpaired) electrons. The van der Waals surface area contributed by atoms with E-state index in [0.717, 1.165) is 39.5 Å². The fraction of sp³-hybridized carbons (Fsp3) is 0.188. The highest BCUT2D eigenvalue weighted by Gasteiger charge is 2.21. The zero-order chi connectivity index (χ0) is 31.6. The number of aromatic nitrogens is 3. The third-order valence-corrected chi connectivity index (χ3v) is 8.28. The predicted octanol–water partition coefficient (Wildman–Crippen LogP) is 6.40. The minimum Gasteiger partial charge on any atom is -0.324 e. The van der Waals surface area contributed by atoms with Gasteiger partial charge in [-0.2, -0.15) is 9.36 Å². The summed E-state index contributed by atoms with van der Waals surface area (Å²) in [6.07, 6.45) is 2.72. The van der Waals surface area contributed by atoms with Crippen LogP contribution in [0.4, 0.5) is 19.5 Å². The molecule has 1 atom stereocenters. The molecule has 0 aliphatic rings. The van der Waals surface area contributed by atoms with Crippen LogP contribution in [0, 0.1) is 11.6 Å². The number of carbonyl (C=O) groups is 1. The minimum absolute atomic E-state index is 0.165. The Morgan fingerprint density at radius 1 is 0.911 bits per heavy atom. The highest BCUT2D eigenvalue weighted by atomic mass is 32.2. The van der Waals surface area contributed by atoms with Crippen LogP contribution in [0.3, 0.4) is 0 Å². The maximum atomic E-state index is 13.7. The van der Waals surface area contributed by atoms with Crippen molar-refractivity contribution in [1.29, 1.82) is 0 Å². The van der Waals surface area contributed by atoms with E-state index in [4.69, 9.17) is 4.55 Å². The summed E-state index contributed by atoms with van der Waals surface area (Å²) in [5, 5.41) is 3.42. The molecule has 0 saturated carbocycles. The maximum absolute atomic E-state index is 13.7. The molecule has 3 N–H and O–H groups in total. The van der Waals surface area contributed by atoms with Crippen LogP contribution in [0.2, 0.25) is 0 Å². The van der Waals surface area contributed by atoms with Crippen molar-refractivity contribution in [2.24, 2.45) is 0 Å². The normalized spacial score (nSPS) is 11.8. The number of hydrogen-bond acceptors (Lipinski definition) is 6. The number of nitrogens with zero attached hydrogens (tertiary/aromatic N) is 4. The van der Waals surface area contributed by atoms with Gasteiger partial charge in [0.05, 0.1) is 0 Å². The van der Waals surface area contributed by atoms with Crippen LogP contribution in [0.25, 0.3) is 10.6 Å². The molecule has 0 spiro atoms. The van der Waals surface area contributed by atoms with Crippen LogP contribution in [-0.2, 0) is 24.2 Å². The van der Waals surface area contributed by atoms with Gasteiger partial charge in [0, 0.05) is 49.4 Å². The smallest absolute Gasteiger partial charge is 0.324 e. The lowest BCUT2D eigenvalue weighted by Gasteiger charge is -2.26. The van der Waals surface area contributed by atoms with Gasteiger partial charge in [-0.05, 0) is 71.0 Å². The number of nitrogens with one attached hydrogen (secondary N) is 2. The molecule has 0 aliphatic heterocycles. The van der Waals surface area contributed by atoms with Gasteiger partial charge in [-0.25, -0.2) is 22.5 Å². The quantitative estimate of drug-likeness (QED) is 0.127. The molecule has 0 bridgehead atoms. The Balaban J connectivity index is 1.31. The highest BCUT2D eigenvalue weighted by Crippen LogP contribution is 2.29. The van der Waals surface area contributed by atoms with Crippen LogP contribution >= 0.6 is 11.5 Å². The molecule has 232 valence electrons. The summed E-state index contributed by atoms with van der Waals surface area (Å²) < 4.78 is 54.0. The molecule has 3 aromatic carbocycles. The van der Waals surface area contributed by atoms with Crippen LogP contribution < -0.4 is 10.0 Å². The van der Waals surface area contributed by atoms with E-state index in [1.54, 1.807) is 35.4 Å². The van der Waals surface area contributed by atoms with Crippen molar-refractivity contribution in [3.05, 3.63) is 131 Å². The SMILES string of the molecule is O=C(Nc1nsc(-c2ccc(CNS(=O)O)cc2)n1)N(CCc1ccccn1)CCC(c1ccc(F)cc1)c1ccc(F)cc1. The van der Waals surface area contributed by atoms with E-state index in [9.17, 15) is 17.8 Å². The molecule has 1 unspecified atom stereocenters. The summed E-state index contributed by atoms with van der Waals surface area (Å²) in [4.78, 5) is 24.1. The Morgan fingerprint density at radius 3 is 2.18 bits per heavy atom. The largest absolute Gasteiger partial charge is 0.324 e. The van der Waals surface area contributed by atoms with Crippen LogP contribution in [0.5, 0.6) is 0 Å². The Morgan fingerprint density at radius 2 is 1.58 bits per heavy atom. The number of pyridine rings is 1. The Labute approximate surface area is 266 Å². The van der Waals surface area contributed by atoms with Crippen molar-refractivity contribution < 1.29 is 22.3 Å². The average molecular weight is 649 g/mol. The lowest BCUT2D eigenvalue weighted by atomic mass is 9.88. The van der Waals surface area contributed by atoms with Crippen molar-refractivity contribution >= 4 is 34.8 Å². The Bertz CT molecular complexity index is 1660. The molecule has 0 fully saturated rings. The second-order valence-corrected chi connectivity index (χ2v) is 11.7. The van der Waals surface area contributed by atoms with Crippen molar-refractivity contribution in [2.45, 2.75) is 25.3 Å². The molecule has 2 amide bonds. The molecular weight excluding hydrogens is 619 g/mol. The maximum Gasteiger partial charge on any atom is 0.324 e. The molecule has 9 nitrogen and oxygen atoms in total. The molecule has 13 heteroatoms. The second-order valence-electron chi connectivity index (χ2n) is 10.1. The fourth-order valence-corrected chi connectivity index (χ4v) is 5.71. The summed E-state index contributed by atoms with van der Waals surface area (Å²) in [6, 6.07) is 24.9. The molecule has 2 heterocycles. The Kier molecular flexibility index (Phi) is 11.0. The first-order valence-corrected chi connectivity index (χ1v) is 16.0. The summed E-state index contributed by atoms with van der Waals surface area (Å²) >= 11 is -0.962. The monoisotopic (exact) mass is 648 g/mol. The van der Waals surface area contributed by atoms with Gasteiger partial charge < -0.3 is 4.90 Å². The molecule has 0 saturated heterocycles. The van der Waals surface area contributed by atoms with Crippen LogP contribution in [0.15, 0.2) is 97.2 Å². The van der Waals surface area contributed by atoms with E-state index in [-0.39, 0.29) is 36.1 Å². The lowest BCUT2D eigenvalue weighted by molar-refractivity contribution is 0.210. The number of anilines is 1. The molecule has 5 aromatic rings. The molecule has 2 aromatic heterocycles. The first kappa shape index (κ1) is 32.0. The molecule has 45 heavy (non-hydrogen) atoms. The van der Waals surface area contributed by atoms with Gasteiger partial charge in [-0.15, -0.1) is 0 Å². The van der Waals surface area contributed by atoms with E-state index in [1.807, 2.05) is 42.5 Å². The van der Waals surface area contributed by atoms with Crippen molar-refractivity contribution in [2.75, 3.05) is 18.4 Å². The second kappa shape index (κ2) is 15.5. The van der Waals surface area contributed by atoms with E-state index in [2.05, 4.69) is 24.4 Å². The van der Waals surface area contributed by atoms with Crippen molar-refractivity contribution in [1.82, 2.24) is 24.0 Å². The van der Waals surface area contributed by atoms with E-state index >= 15 is 0 Å². The summed E-state index contributed by atoms with van der Waals surface area (Å²) in [5.74, 6) is -0.750. The van der Waals surface area contributed by atoms with Gasteiger partial charge in [0.15, 0.2) is 0 Å². The van der Waals surface area contributed by atoms with Gasteiger partial charge in [-0.3, -0.25) is 14.9 Å². The van der Waals surface area contributed by atoms with Crippen molar-refractivity contribution in [3.63, 3.8) is 0 Å². The fourth-order valence-electron chi connectivity index (χ4n) is 4.79. The minimum atomic E-state index is -2.10. The van der Waals surface area contributed by atoms with Gasteiger partial charge in [-0.1, -0.05) is 54.6 Å². The standard InChI is InChI=1S/C32H30F2N6O3S2/c33-26-12-8-23(9-13-26)29(24-10-14-27(34)15-11-24)17-20-40(19-16-28-3-1-2-18-35-28)32(41)38-31-37-30(44-39-31)25-6-4-22(5-7-25)21-36-45(42)43/h1-15,18,29,36H,16-17,19-21H2,(H,42,43)(H,38,39,41). The van der Waals surface area contributed by atoms with Gasteiger partial charge in [0.25, 0.3) is 0 Å². The number of halogens is 2. The first-order chi connectivity index (χ1) is 21.8. The third kappa shape index (κ3) is 9.28. The number of hydrogen-bond donors (Lipinski definition) is 3. The number of urea groups is 1. The topological polar surface area (TPSA) is 120 Å². The average Bonchev–Trinajstić information content (AvgIpc) is 3.52. The molecule has 0 aliphatic carbocycles. The van der Waals surface area contributed by atoms with Gasteiger partial charge in [0.2, 0.25) is 17.2 Å². The van der Waals surface area contributed by atoms with Crippen LogP contribution in [-0.4, -0.2) is 47.1 Å². The third-order valence-electron chi connectivity index (χ3n) is 7.13. The van der Waals surface area contributed by atoms with E-state index in [0.29, 0.717) is 30.9 Å². The summed E-state index contributed by atoms with van der Waals surface area (Å²) in [5.41, 5.74) is 4.15. The van der Waals surface area contributed by atoms with Crippen LogP contribution in [0.1, 0.15) is 34.7 Å². The van der Waals surface area contributed by atoms with E-state index < -0.39 is 11.3 Å².